The number of rotatable bonds is 4. The maximum absolute atomic E-state index is 12.7. The highest BCUT2D eigenvalue weighted by Gasteiger charge is 2.33. The van der Waals surface area contributed by atoms with E-state index in [1.165, 1.54) is 0 Å². The molecule has 1 aromatic rings. The SMILES string of the molecule is CC(C)CN(C(=O)c1ccncc1C#CCO)C1CC1. The lowest BCUT2D eigenvalue weighted by Gasteiger charge is -2.24. The van der Waals surface area contributed by atoms with Crippen LogP contribution in [0.25, 0.3) is 0 Å². The second kappa shape index (κ2) is 6.53. The number of aromatic nitrogens is 1. The van der Waals surface area contributed by atoms with E-state index in [1.54, 1.807) is 18.5 Å². The molecule has 0 aliphatic heterocycles. The van der Waals surface area contributed by atoms with Gasteiger partial charge in [-0.3, -0.25) is 9.78 Å². The van der Waals surface area contributed by atoms with Crippen molar-refractivity contribution in [2.24, 2.45) is 5.92 Å². The zero-order valence-corrected chi connectivity index (χ0v) is 12.0. The van der Waals surface area contributed by atoms with E-state index in [0.717, 1.165) is 19.4 Å². The maximum atomic E-state index is 12.7. The van der Waals surface area contributed by atoms with Gasteiger partial charge >= 0.3 is 0 Å². The normalized spacial score (nSPS) is 13.8. The fraction of sp³-hybridized carbons (Fsp3) is 0.500. The summed E-state index contributed by atoms with van der Waals surface area (Å²) in [6.45, 7) is 4.77. The number of aliphatic hydroxyl groups excluding tert-OH is 1. The Labute approximate surface area is 119 Å². The van der Waals surface area contributed by atoms with Crippen molar-refractivity contribution in [3.8, 4) is 11.8 Å². The maximum Gasteiger partial charge on any atom is 0.255 e. The number of carbonyl (C=O) groups is 1. The Bertz CT molecular complexity index is 539. The van der Waals surface area contributed by atoms with Crippen LogP contribution in [0, 0.1) is 17.8 Å². The van der Waals surface area contributed by atoms with Crippen LogP contribution >= 0.6 is 0 Å². The summed E-state index contributed by atoms with van der Waals surface area (Å²) in [6, 6.07) is 2.08. The predicted octanol–water partition coefficient (Wildman–Crippen LogP) is 1.69. The lowest BCUT2D eigenvalue weighted by atomic mass is 10.1. The summed E-state index contributed by atoms with van der Waals surface area (Å²) in [5, 5.41) is 8.79. The highest BCUT2D eigenvalue weighted by molar-refractivity contribution is 5.97. The first-order chi connectivity index (χ1) is 9.63. The molecule has 0 aromatic carbocycles. The molecule has 2 rings (SSSR count). The Morgan fingerprint density at radius 3 is 2.90 bits per heavy atom. The number of nitrogens with zero attached hydrogens (tertiary/aromatic N) is 2. The third-order valence-corrected chi connectivity index (χ3v) is 3.16. The van der Waals surface area contributed by atoms with Crippen LogP contribution in [0.1, 0.15) is 42.6 Å². The topological polar surface area (TPSA) is 53.4 Å². The van der Waals surface area contributed by atoms with Gasteiger partial charge in [-0.25, -0.2) is 0 Å². The molecule has 0 radical (unpaired) electrons. The summed E-state index contributed by atoms with van der Waals surface area (Å²) in [7, 11) is 0. The van der Waals surface area contributed by atoms with E-state index >= 15 is 0 Å². The number of hydrogen-bond acceptors (Lipinski definition) is 3. The molecule has 1 aliphatic rings. The van der Waals surface area contributed by atoms with Gasteiger partial charge < -0.3 is 10.0 Å². The minimum atomic E-state index is -0.221. The summed E-state index contributed by atoms with van der Waals surface area (Å²) < 4.78 is 0. The first kappa shape index (κ1) is 14.5. The number of amides is 1. The molecular formula is C16H20N2O2. The quantitative estimate of drug-likeness (QED) is 0.849. The molecule has 106 valence electrons. The lowest BCUT2D eigenvalue weighted by molar-refractivity contribution is 0.0722. The molecule has 0 unspecified atom stereocenters. The van der Waals surface area contributed by atoms with Crippen LogP contribution in [0.4, 0.5) is 0 Å². The largest absolute Gasteiger partial charge is 0.384 e. The Balaban J connectivity index is 2.26. The molecular weight excluding hydrogens is 252 g/mol. The average Bonchev–Trinajstić information content (AvgIpc) is 3.26. The van der Waals surface area contributed by atoms with Gasteiger partial charge in [-0.15, -0.1) is 0 Å². The van der Waals surface area contributed by atoms with Gasteiger partial charge in [-0.05, 0) is 24.8 Å². The van der Waals surface area contributed by atoms with Crippen molar-refractivity contribution in [1.29, 1.82) is 0 Å². The smallest absolute Gasteiger partial charge is 0.255 e. The van der Waals surface area contributed by atoms with Crippen molar-refractivity contribution >= 4 is 5.91 Å². The third kappa shape index (κ3) is 3.58. The molecule has 0 spiro atoms. The second-order valence-electron chi connectivity index (χ2n) is 5.46. The fourth-order valence-electron chi connectivity index (χ4n) is 2.15. The number of hydrogen-bond donors (Lipinski definition) is 1. The van der Waals surface area contributed by atoms with E-state index in [4.69, 9.17) is 5.11 Å². The van der Waals surface area contributed by atoms with Gasteiger partial charge in [0.05, 0.1) is 11.1 Å². The Kier molecular flexibility index (Phi) is 4.75. The fourth-order valence-corrected chi connectivity index (χ4v) is 2.15. The Morgan fingerprint density at radius 2 is 2.30 bits per heavy atom. The third-order valence-electron chi connectivity index (χ3n) is 3.16. The summed E-state index contributed by atoms with van der Waals surface area (Å²) in [5.74, 6) is 5.84. The zero-order chi connectivity index (χ0) is 14.5. The molecule has 1 saturated carbocycles. The van der Waals surface area contributed by atoms with E-state index in [9.17, 15) is 4.79 Å². The molecule has 1 fully saturated rings. The van der Waals surface area contributed by atoms with Crippen LogP contribution in [0.3, 0.4) is 0 Å². The van der Waals surface area contributed by atoms with Crippen LogP contribution in [0.2, 0.25) is 0 Å². The number of aliphatic hydroxyl groups is 1. The van der Waals surface area contributed by atoms with Gasteiger partial charge in [-0.1, -0.05) is 25.7 Å². The van der Waals surface area contributed by atoms with Crippen LogP contribution in [-0.2, 0) is 0 Å². The average molecular weight is 272 g/mol. The van der Waals surface area contributed by atoms with Crippen molar-refractivity contribution < 1.29 is 9.90 Å². The highest BCUT2D eigenvalue weighted by atomic mass is 16.2. The van der Waals surface area contributed by atoms with Crippen molar-refractivity contribution in [1.82, 2.24) is 9.88 Å². The molecule has 1 aromatic heterocycles. The van der Waals surface area contributed by atoms with Gasteiger partial charge in [0.25, 0.3) is 5.91 Å². The summed E-state index contributed by atoms with van der Waals surface area (Å²) in [6.07, 6.45) is 5.36. The summed E-state index contributed by atoms with van der Waals surface area (Å²) in [4.78, 5) is 18.7. The van der Waals surface area contributed by atoms with Crippen molar-refractivity contribution in [3.05, 3.63) is 29.6 Å². The summed E-state index contributed by atoms with van der Waals surface area (Å²) >= 11 is 0. The molecule has 1 amide bonds. The molecule has 1 heterocycles. The monoisotopic (exact) mass is 272 g/mol. The number of carbonyl (C=O) groups excluding carboxylic acids is 1. The van der Waals surface area contributed by atoms with E-state index < -0.39 is 0 Å². The van der Waals surface area contributed by atoms with Gasteiger partial charge in [0, 0.05) is 25.0 Å². The first-order valence-corrected chi connectivity index (χ1v) is 6.98. The van der Waals surface area contributed by atoms with E-state index in [2.05, 4.69) is 30.7 Å². The summed E-state index contributed by atoms with van der Waals surface area (Å²) in [5.41, 5.74) is 1.16. The molecule has 4 heteroatoms. The standard InChI is InChI=1S/C16H20N2O2/c1-12(2)11-18(14-5-6-14)16(20)15-7-8-17-10-13(15)4-3-9-19/h7-8,10,12,14,19H,5-6,9,11H2,1-2H3. The number of pyridine rings is 1. The van der Waals surface area contributed by atoms with Gasteiger partial charge in [-0.2, -0.15) is 0 Å². The van der Waals surface area contributed by atoms with Crippen LogP contribution in [0.5, 0.6) is 0 Å². The molecule has 1 aliphatic carbocycles. The van der Waals surface area contributed by atoms with Crippen LogP contribution in [-0.4, -0.2) is 40.1 Å². The predicted molar refractivity (Wildman–Crippen MR) is 77.1 cm³/mol. The Hall–Kier alpha value is -1.86. The Morgan fingerprint density at radius 1 is 1.55 bits per heavy atom. The van der Waals surface area contributed by atoms with Crippen LogP contribution < -0.4 is 0 Å². The molecule has 0 saturated heterocycles. The van der Waals surface area contributed by atoms with Gasteiger partial charge in [0.1, 0.15) is 6.61 Å². The minimum Gasteiger partial charge on any atom is -0.384 e. The van der Waals surface area contributed by atoms with Crippen LogP contribution in [0.15, 0.2) is 18.5 Å². The van der Waals surface area contributed by atoms with Crippen molar-refractivity contribution in [2.75, 3.05) is 13.2 Å². The second-order valence-corrected chi connectivity index (χ2v) is 5.46. The highest BCUT2D eigenvalue weighted by Crippen LogP contribution is 2.29. The molecule has 1 N–H and O–H groups in total. The zero-order valence-electron chi connectivity index (χ0n) is 12.0. The molecule has 20 heavy (non-hydrogen) atoms. The van der Waals surface area contributed by atoms with E-state index in [0.29, 0.717) is 23.1 Å². The molecule has 0 atom stereocenters. The van der Waals surface area contributed by atoms with Gasteiger partial charge in [0.15, 0.2) is 0 Å². The van der Waals surface area contributed by atoms with Gasteiger partial charge in [0.2, 0.25) is 0 Å². The van der Waals surface area contributed by atoms with Crippen molar-refractivity contribution in [3.63, 3.8) is 0 Å². The van der Waals surface area contributed by atoms with Crippen molar-refractivity contribution in [2.45, 2.75) is 32.7 Å². The molecule has 0 bridgehead atoms. The molecule has 4 nitrogen and oxygen atoms in total. The van der Waals surface area contributed by atoms with E-state index in [-0.39, 0.29) is 12.5 Å². The lowest BCUT2D eigenvalue weighted by Crippen LogP contribution is -2.36. The first-order valence-electron chi connectivity index (χ1n) is 6.98. The van der Waals surface area contributed by atoms with E-state index in [1.807, 2.05) is 4.90 Å². The minimum absolute atomic E-state index is 0.0193.